The van der Waals surface area contributed by atoms with Gasteiger partial charge in [-0.3, -0.25) is 4.79 Å². The molecule has 2 nitrogen and oxygen atoms in total. The second-order valence-corrected chi connectivity index (χ2v) is 4.57. The molecule has 0 heterocycles. The predicted octanol–water partition coefficient (Wildman–Crippen LogP) is 1.66. The van der Waals surface area contributed by atoms with E-state index in [2.05, 4.69) is 30.6 Å². The lowest BCUT2D eigenvalue weighted by Gasteiger charge is -2.16. The molecule has 0 saturated heterocycles. The van der Waals surface area contributed by atoms with E-state index in [1.807, 2.05) is 13.8 Å². The summed E-state index contributed by atoms with van der Waals surface area (Å²) in [5.74, 6) is 0.432. The topological polar surface area (TPSA) is 29.1 Å². The van der Waals surface area contributed by atoms with Gasteiger partial charge in [0.2, 0.25) is 5.12 Å². The molecular formula is C7H13NOS3. The lowest BCUT2D eigenvalue weighted by Crippen LogP contribution is -2.36. The van der Waals surface area contributed by atoms with Gasteiger partial charge in [-0.15, -0.1) is 25.3 Å². The standard InChI is InChI=1S/C7H13NOS3/c1-4(2)3-5(6(9)10)8-7(11)12/h4-5H,3H2,1-2H3,(H,9,10)(H2,8,11,12). The zero-order valence-electron chi connectivity index (χ0n) is 7.07. The van der Waals surface area contributed by atoms with Crippen LogP contribution in [0.2, 0.25) is 0 Å². The van der Waals surface area contributed by atoms with Crippen molar-refractivity contribution in [1.82, 2.24) is 5.32 Å². The molecule has 0 rings (SSSR count). The summed E-state index contributed by atoms with van der Waals surface area (Å²) in [7, 11) is 0. The molecule has 0 aliphatic carbocycles. The second kappa shape index (κ2) is 5.83. The van der Waals surface area contributed by atoms with Gasteiger partial charge < -0.3 is 5.32 Å². The SMILES string of the molecule is CC(C)CC(NC(=S)S)C(=O)S. The fourth-order valence-electron chi connectivity index (χ4n) is 0.842. The third kappa shape index (κ3) is 5.85. The van der Waals surface area contributed by atoms with Crippen molar-refractivity contribution >= 4 is 46.9 Å². The molecule has 1 unspecified atom stereocenters. The van der Waals surface area contributed by atoms with Gasteiger partial charge in [0, 0.05) is 0 Å². The van der Waals surface area contributed by atoms with Gasteiger partial charge in [0.05, 0.1) is 6.04 Å². The highest BCUT2D eigenvalue weighted by molar-refractivity contribution is 8.11. The van der Waals surface area contributed by atoms with Crippen molar-refractivity contribution in [2.24, 2.45) is 5.92 Å². The van der Waals surface area contributed by atoms with E-state index < -0.39 is 0 Å². The maximum Gasteiger partial charge on any atom is 0.208 e. The second-order valence-electron chi connectivity index (χ2n) is 2.97. The lowest BCUT2D eigenvalue weighted by atomic mass is 10.1. The van der Waals surface area contributed by atoms with Crippen LogP contribution in [0, 0.1) is 5.92 Å². The molecule has 0 spiro atoms. The Labute approximate surface area is 89.3 Å². The van der Waals surface area contributed by atoms with Crippen molar-refractivity contribution in [3.05, 3.63) is 0 Å². The number of hydrogen-bond donors (Lipinski definition) is 3. The quantitative estimate of drug-likeness (QED) is 0.500. The Balaban J connectivity index is 4.04. The first-order valence-electron chi connectivity index (χ1n) is 3.65. The van der Waals surface area contributed by atoms with Gasteiger partial charge >= 0.3 is 0 Å². The molecule has 0 aromatic rings. The summed E-state index contributed by atoms with van der Waals surface area (Å²) in [5, 5.41) is 2.59. The minimum Gasteiger partial charge on any atom is -0.360 e. The van der Waals surface area contributed by atoms with Crippen LogP contribution >= 0.6 is 37.5 Å². The molecule has 12 heavy (non-hydrogen) atoms. The molecule has 0 aliphatic heterocycles. The maximum atomic E-state index is 10.9. The van der Waals surface area contributed by atoms with Gasteiger partial charge in [0.15, 0.2) is 0 Å². The van der Waals surface area contributed by atoms with Gasteiger partial charge in [-0.25, -0.2) is 0 Å². The molecule has 0 fully saturated rings. The van der Waals surface area contributed by atoms with Crippen LogP contribution in [-0.4, -0.2) is 15.5 Å². The Morgan fingerprint density at radius 2 is 2.00 bits per heavy atom. The number of thiol groups is 2. The average Bonchev–Trinajstić information content (AvgIpc) is 1.83. The van der Waals surface area contributed by atoms with E-state index in [1.165, 1.54) is 0 Å². The van der Waals surface area contributed by atoms with Crippen molar-refractivity contribution in [3.8, 4) is 0 Å². The first-order chi connectivity index (χ1) is 5.43. The van der Waals surface area contributed by atoms with Crippen LogP contribution in [0.25, 0.3) is 0 Å². The Kier molecular flexibility index (Phi) is 5.96. The summed E-state index contributed by atoms with van der Waals surface area (Å²) in [6, 6.07) is -0.307. The number of nitrogens with one attached hydrogen (secondary N) is 1. The van der Waals surface area contributed by atoms with Crippen LogP contribution in [0.15, 0.2) is 0 Å². The highest BCUT2D eigenvalue weighted by Crippen LogP contribution is 2.07. The summed E-state index contributed by atoms with van der Waals surface area (Å²) in [5.41, 5.74) is 0. The van der Waals surface area contributed by atoms with Gasteiger partial charge in [0.25, 0.3) is 0 Å². The van der Waals surface area contributed by atoms with Gasteiger partial charge in [0.1, 0.15) is 4.32 Å². The third-order valence-corrected chi connectivity index (χ3v) is 1.86. The van der Waals surface area contributed by atoms with Gasteiger partial charge in [-0.2, -0.15) is 0 Å². The zero-order chi connectivity index (χ0) is 9.72. The third-order valence-electron chi connectivity index (χ3n) is 1.30. The molecular weight excluding hydrogens is 210 g/mol. The minimum absolute atomic E-state index is 0.194. The molecule has 1 atom stereocenters. The smallest absolute Gasteiger partial charge is 0.208 e. The average molecular weight is 223 g/mol. The van der Waals surface area contributed by atoms with Crippen molar-refractivity contribution in [1.29, 1.82) is 0 Å². The molecule has 0 aliphatic rings. The number of carbonyl (C=O) groups excluding carboxylic acids is 1. The van der Waals surface area contributed by atoms with Crippen molar-refractivity contribution in [2.75, 3.05) is 0 Å². The number of rotatable bonds is 4. The lowest BCUT2D eigenvalue weighted by molar-refractivity contribution is -0.112. The van der Waals surface area contributed by atoms with Crippen molar-refractivity contribution in [2.45, 2.75) is 26.3 Å². The largest absolute Gasteiger partial charge is 0.360 e. The van der Waals surface area contributed by atoms with Gasteiger partial charge in [-0.05, 0) is 12.3 Å². The number of thiocarbonyl (C=S) groups is 1. The van der Waals surface area contributed by atoms with Crippen LogP contribution in [-0.2, 0) is 4.79 Å². The Hall–Kier alpha value is 0.260. The highest BCUT2D eigenvalue weighted by atomic mass is 32.1. The van der Waals surface area contributed by atoms with E-state index in [0.717, 1.165) is 6.42 Å². The molecule has 5 heteroatoms. The Bertz CT molecular complexity index is 181. The zero-order valence-corrected chi connectivity index (χ0v) is 9.68. The van der Waals surface area contributed by atoms with E-state index in [9.17, 15) is 4.79 Å². The summed E-state index contributed by atoms with van der Waals surface area (Å²) in [6.45, 7) is 4.07. The van der Waals surface area contributed by atoms with Crippen LogP contribution in [0.1, 0.15) is 20.3 Å². The maximum absolute atomic E-state index is 10.9. The van der Waals surface area contributed by atoms with E-state index in [-0.39, 0.29) is 11.2 Å². The molecule has 0 aromatic carbocycles. The fraction of sp³-hybridized carbons (Fsp3) is 0.714. The van der Waals surface area contributed by atoms with Crippen LogP contribution in [0.4, 0.5) is 0 Å². The minimum atomic E-state index is -0.307. The number of carbonyl (C=O) groups is 1. The monoisotopic (exact) mass is 223 g/mol. The summed E-state index contributed by atoms with van der Waals surface area (Å²) < 4.78 is 0.336. The first kappa shape index (κ1) is 12.3. The molecule has 70 valence electrons. The molecule has 1 N–H and O–H groups in total. The van der Waals surface area contributed by atoms with Crippen LogP contribution in [0.3, 0.4) is 0 Å². The summed E-state index contributed by atoms with van der Waals surface area (Å²) in [6.07, 6.45) is 0.725. The molecule has 0 bridgehead atoms. The van der Waals surface area contributed by atoms with Crippen molar-refractivity contribution in [3.63, 3.8) is 0 Å². The first-order valence-corrected chi connectivity index (χ1v) is 4.96. The molecule has 0 aromatic heterocycles. The molecule has 0 radical (unpaired) electrons. The molecule has 0 amide bonds. The predicted molar refractivity (Wildman–Crippen MR) is 62.0 cm³/mol. The normalized spacial score (nSPS) is 12.8. The van der Waals surface area contributed by atoms with E-state index in [4.69, 9.17) is 12.2 Å². The summed E-state index contributed by atoms with van der Waals surface area (Å²) in [4.78, 5) is 10.9. The van der Waals surface area contributed by atoms with Crippen molar-refractivity contribution < 1.29 is 4.79 Å². The Morgan fingerprint density at radius 1 is 1.50 bits per heavy atom. The van der Waals surface area contributed by atoms with E-state index >= 15 is 0 Å². The fourth-order valence-corrected chi connectivity index (χ4v) is 1.31. The van der Waals surface area contributed by atoms with Crippen LogP contribution in [0.5, 0.6) is 0 Å². The highest BCUT2D eigenvalue weighted by Gasteiger charge is 2.16. The van der Waals surface area contributed by atoms with Gasteiger partial charge in [-0.1, -0.05) is 26.1 Å². The van der Waals surface area contributed by atoms with E-state index in [0.29, 0.717) is 10.2 Å². The number of hydrogen-bond acceptors (Lipinski definition) is 2. The Morgan fingerprint density at radius 3 is 2.25 bits per heavy atom. The molecule has 0 saturated carbocycles. The van der Waals surface area contributed by atoms with E-state index in [1.54, 1.807) is 0 Å². The summed E-state index contributed by atoms with van der Waals surface area (Å²) >= 11 is 12.3. The van der Waals surface area contributed by atoms with Crippen LogP contribution < -0.4 is 5.32 Å².